The van der Waals surface area contributed by atoms with Crippen molar-refractivity contribution < 1.29 is 19.3 Å². The number of nitrogens with zero attached hydrogens (tertiary/aromatic N) is 4. The average Bonchev–Trinajstić information content (AvgIpc) is 3.31. The van der Waals surface area contributed by atoms with Crippen molar-refractivity contribution in [3.05, 3.63) is 88.2 Å². The largest absolute Gasteiger partial charge is 0.508 e. The Morgan fingerprint density at radius 3 is 2.63 bits per heavy atom. The highest BCUT2D eigenvalue weighted by molar-refractivity contribution is 9.10. The SMILES string of the molecule is COc1ccc([C@@H]2c3ccc(O)cc3Oc3ncn4nc(-c5ccccc5Br)nc4c32)cc1OC. The summed E-state index contributed by atoms with van der Waals surface area (Å²) in [6.07, 6.45) is 1.58. The predicted molar refractivity (Wildman–Crippen MR) is 133 cm³/mol. The van der Waals surface area contributed by atoms with Crippen LogP contribution in [0.2, 0.25) is 0 Å². The van der Waals surface area contributed by atoms with Gasteiger partial charge in [-0.2, -0.15) is 0 Å². The molecule has 6 rings (SSSR count). The van der Waals surface area contributed by atoms with Gasteiger partial charge in [-0.1, -0.05) is 40.2 Å². The third-order valence-electron chi connectivity index (χ3n) is 6.05. The number of halogens is 1. The first-order valence-corrected chi connectivity index (χ1v) is 11.6. The zero-order valence-corrected chi connectivity index (χ0v) is 20.4. The molecule has 0 spiro atoms. The minimum absolute atomic E-state index is 0.109. The molecule has 1 aliphatic heterocycles. The fraction of sp³-hybridized carbons (Fsp3) is 0.115. The van der Waals surface area contributed by atoms with E-state index < -0.39 is 0 Å². The lowest BCUT2D eigenvalue weighted by Crippen LogP contribution is -2.15. The van der Waals surface area contributed by atoms with Crippen LogP contribution in [-0.4, -0.2) is 38.9 Å². The summed E-state index contributed by atoms with van der Waals surface area (Å²) in [5.74, 6) is 2.54. The molecule has 0 saturated carbocycles. The normalized spacial score (nSPS) is 14.2. The monoisotopic (exact) mass is 530 g/mol. The van der Waals surface area contributed by atoms with Crippen LogP contribution >= 0.6 is 15.9 Å². The van der Waals surface area contributed by atoms with E-state index in [2.05, 4.69) is 26.0 Å². The number of phenols is 1. The lowest BCUT2D eigenvalue weighted by molar-refractivity contribution is 0.354. The number of aromatic hydroxyl groups is 1. The van der Waals surface area contributed by atoms with Gasteiger partial charge in [-0.05, 0) is 35.9 Å². The van der Waals surface area contributed by atoms with Crippen LogP contribution in [0, 0.1) is 0 Å². The minimum Gasteiger partial charge on any atom is -0.508 e. The van der Waals surface area contributed by atoms with Gasteiger partial charge in [0.25, 0.3) is 0 Å². The molecule has 1 atom stereocenters. The maximum absolute atomic E-state index is 10.1. The number of rotatable bonds is 4. The van der Waals surface area contributed by atoms with Gasteiger partial charge in [0.2, 0.25) is 5.88 Å². The van der Waals surface area contributed by atoms with Gasteiger partial charge in [0.1, 0.15) is 17.8 Å². The van der Waals surface area contributed by atoms with Crippen LogP contribution in [0.4, 0.5) is 0 Å². The Morgan fingerprint density at radius 1 is 1.00 bits per heavy atom. The number of ether oxygens (including phenoxy) is 3. The second kappa shape index (κ2) is 8.28. The summed E-state index contributed by atoms with van der Waals surface area (Å²) in [5.41, 5.74) is 4.06. The van der Waals surface area contributed by atoms with Crippen molar-refractivity contribution in [2.45, 2.75) is 5.92 Å². The van der Waals surface area contributed by atoms with Gasteiger partial charge in [-0.3, -0.25) is 0 Å². The minimum atomic E-state index is -0.304. The number of hydrogen-bond acceptors (Lipinski definition) is 7. The molecule has 174 valence electrons. The maximum atomic E-state index is 10.1. The van der Waals surface area contributed by atoms with Gasteiger partial charge in [0.15, 0.2) is 23.0 Å². The molecule has 3 aromatic carbocycles. The zero-order valence-electron chi connectivity index (χ0n) is 18.8. The van der Waals surface area contributed by atoms with E-state index in [4.69, 9.17) is 19.2 Å². The van der Waals surface area contributed by atoms with Gasteiger partial charge in [-0.25, -0.2) is 14.5 Å². The number of hydrogen-bond donors (Lipinski definition) is 1. The maximum Gasteiger partial charge on any atom is 0.228 e. The van der Waals surface area contributed by atoms with E-state index in [1.807, 2.05) is 48.5 Å². The molecule has 35 heavy (non-hydrogen) atoms. The fourth-order valence-corrected chi connectivity index (χ4v) is 4.90. The molecular weight excluding hydrogens is 512 g/mol. The average molecular weight is 531 g/mol. The Hall–Kier alpha value is -4.11. The molecule has 0 aliphatic carbocycles. The topological polar surface area (TPSA) is 91.0 Å². The molecule has 1 N–H and O–H groups in total. The van der Waals surface area contributed by atoms with Crippen molar-refractivity contribution in [2.75, 3.05) is 14.2 Å². The lowest BCUT2D eigenvalue weighted by Gasteiger charge is -2.28. The van der Waals surface area contributed by atoms with Crippen molar-refractivity contribution >= 4 is 21.6 Å². The molecule has 0 radical (unpaired) electrons. The highest BCUT2D eigenvalue weighted by Gasteiger charge is 2.34. The Bertz CT molecular complexity index is 1600. The molecule has 0 saturated heterocycles. The first-order chi connectivity index (χ1) is 17.1. The summed E-state index contributed by atoms with van der Waals surface area (Å²) in [7, 11) is 3.21. The standard InChI is InChI=1S/C26H19BrN4O4/c1-33-19-10-7-14(11-21(19)34-2)22-17-9-8-15(32)12-20(17)35-26-23(22)25-29-24(30-31(25)13-28-26)16-5-3-4-6-18(16)27/h3-13,22,32H,1-2H3/t22-/m1/s1. The number of benzene rings is 3. The van der Waals surface area contributed by atoms with E-state index in [1.54, 1.807) is 37.2 Å². The Morgan fingerprint density at radius 2 is 1.83 bits per heavy atom. The number of aromatic nitrogens is 4. The summed E-state index contributed by atoms with van der Waals surface area (Å²) in [6.45, 7) is 0. The Labute approximate surface area is 208 Å². The lowest BCUT2D eigenvalue weighted by atomic mass is 9.83. The summed E-state index contributed by atoms with van der Waals surface area (Å²) in [6, 6.07) is 18.7. The van der Waals surface area contributed by atoms with Gasteiger partial charge < -0.3 is 19.3 Å². The van der Waals surface area contributed by atoms with Crippen LogP contribution in [0.5, 0.6) is 28.9 Å². The molecule has 2 aromatic heterocycles. The van der Waals surface area contributed by atoms with E-state index >= 15 is 0 Å². The Balaban J connectivity index is 1.62. The molecule has 9 heteroatoms. The third kappa shape index (κ3) is 3.47. The molecule has 3 heterocycles. The van der Waals surface area contributed by atoms with Crippen LogP contribution in [-0.2, 0) is 0 Å². The number of fused-ring (bicyclic) bond motifs is 4. The van der Waals surface area contributed by atoms with Gasteiger partial charge >= 0.3 is 0 Å². The summed E-state index contributed by atoms with van der Waals surface area (Å²) in [4.78, 5) is 9.44. The number of phenolic OH excluding ortho intramolecular Hbond substituents is 1. The molecule has 8 nitrogen and oxygen atoms in total. The van der Waals surface area contributed by atoms with Gasteiger partial charge in [-0.15, -0.1) is 5.10 Å². The second-order valence-electron chi connectivity index (χ2n) is 8.02. The number of methoxy groups -OCH3 is 2. The third-order valence-corrected chi connectivity index (χ3v) is 6.74. The highest BCUT2D eigenvalue weighted by atomic mass is 79.9. The summed E-state index contributed by atoms with van der Waals surface area (Å²) >= 11 is 3.59. The molecule has 0 fully saturated rings. The quantitative estimate of drug-likeness (QED) is 0.319. The summed E-state index contributed by atoms with van der Waals surface area (Å²) < 4.78 is 19.7. The first-order valence-electron chi connectivity index (χ1n) is 10.8. The molecule has 1 aliphatic rings. The second-order valence-corrected chi connectivity index (χ2v) is 8.87. The van der Waals surface area contributed by atoms with Crippen molar-refractivity contribution in [2.24, 2.45) is 0 Å². The van der Waals surface area contributed by atoms with Crippen LogP contribution in [0.1, 0.15) is 22.6 Å². The fourth-order valence-electron chi connectivity index (χ4n) is 4.44. The molecule has 0 amide bonds. The van der Waals surface area contributed by atoms with Gasteiger partial charge in [0, 0.05) is 27.6 Å². The van der Waals surface area contributed by atoms with E-state index in [0.717, 1.165) is 26.7 Å². The van der Waals surface area contributed by atoms with Crippen LogP contribution in [0.3, 0.4) is 0 Å². The van der Waals surface area contributed by atoms with Crippen molar-refractivity contribution in [3.63, 3.8) is 0 Å². The van der Waals surface area contributed by atoms with Gasteiger partial charge in [0.05, 0.1) is 19.8 Å². The van der Waals surface area contributed by atoms with Crippen LogP contribution in [0.25, 0.3) is 17.0 Å². The van der Waals surface area contributed by atoms with Crippen molar-refractivity contribution in [3.8, 4) is 40.3 Å². The van der Waals surface area contributed by atoms with Crippen LogP contribution in [0.15, 0.2) is 71.5 Å². The zero-order chi connectivity index (χ0) is 24.1. The van der Waals surface area contributed by atoms with Crippen molar-refractivity contribution in [1.29, 1.82) is 0 Å². The molecular formula is C26H19BrN4O4. The van der Waals surface area contributed by atoms with E-state index in [-0.39, 0.29) is 11.7 Å². The van der Waals surface area contributed by atoms with Crippen LogP contribution < -0.4 is 14.2 Å². The Kier molecular flexibility index (Phi) is 5.07. The van der Waals surface area contributed by atoms with Crippen molar-refractivity contribution in [1.82, 2.24) is 19.6 Å². The first kappa shape index (κ1) is 21.4. The summed E-state index contributed by atoms with van der Waals surface area (Å²) in [5, 5.41) is 14.8. The smallest absolute Gasteiger partial charge is 0.228 e. The predicted octanol–water partition coefficient (Wildman–Crippen LogP) is 5.56. The van der Waals surface area contributed by atoms with E-state index in [9.17, 15) is 5.11 Å². The van der Waals surface area contributed by atoms with E-state index in [1.165, 1.54) is 0 Å². The van der Waals surface area contributed by atoms with E-state index in [0.29, 0.717) is 34.6 Å². The highest BCUT2D eigenvalue weighted by Crippen LogP contribution is 2.49. The molecule has 0 unspecified atom stereocenters. The molecule has 5 aromatic rings. The molecule has 0 bridgehead atoms.